The van der Waals surface area contributed by atoms with Crippen molar-refractivity contribution in [1.29, 1.82) is 0 Å². The molecule has 0 aliphatic carbocycles. The molecule has 0 unspecified atom stereocenters. The summed E-state index contributed by atoms with van der Waals surface area (Å²) in [6, 6.07) is 18.6. The lowest BCUT2D eigenvalue weighted by Gasteiger charge is -2.42. The number of carbonyl (C=O) groups excluding carboxylic acids is 1. The molecule has 2 aromatic rings. The molecule has 160 valence electrons. The molecule has 0 bridgehead atoms. The minimum Gasteiger partial charge on any atom is -0.497 e. The van der Waals surface area contributed by atoms with Gasteiger partial charge in [-0.05, 0) is 61.4 Å². The Balaban J connectivity index is 1.35. The lowest BCUT2D eigenvalue weighted by Crippen LogP contribution is -2.52. The van der Waals surface area contributed by atoms with Crippen LogP contribution in [0.2, 0.25) is 0 Å². The molecule has 1 amide bonds. The van der Waals surface area contributed by atoms with Crippen LogP contribution in [-0.4, -0.2) is 50.0 Å². The molecule has 2 aromatic carbocycles. The highest BCUT2D eigenvalue weighted by molar-refractivity contribution is 7.99. The van der Waals surface area contributed by atoms with Crippen LogP contribution in [-0.2, 0) is 14.9 Å². The standard InChI is InChI=1S/C25H31NO3S/c1-28-22-7-9-23(10-8-22)30-19-20-11-15-26(16-12-20)24(27)25(13-17-29-18-14-25)21-5-3-2-4-6-21/h2-10,20H,11-19H2,1H3. The second-order valence-electron chi connectivity index (χ2n) is 8.28. The van der Waals surface area contributed by atoms with Crippen molar-refractivity contribution in [3.8, 4) is 5.75 Å². The zero-order valence-corrected chi connectivity index (χ0v) is 18.5. The molecular weight excluding hydrogens is 394 g/mol. The van der Waals surface area contributed by atoms with Gasteiger partial charge >= 0.3 is 0 Å². The van der Waals surface area contributed by atoms with E-state index in [4.69, 9.17) is 9.47 Å². The number of piperidine rings is 1. The molecule has 4 nitrogen and oxygen atoms in total. The van der Waals surface area contributed by atoms with Crippen molar-refractivity contribution < 1.29 is 14.3 Å². The lowest BCUT2D eigenvalue weighted by atomic mass is 9.72. The molecule has 2 aliphatic rings. The largest absolute Gasteiger partial charge is 0.497 e. The van der Waals surface area contributed by atoms with Gasteiger partial charge in [0.1, 0.15) is 5.75 Å². The number of thioether (sulfide) groups is 1. The van der Waals surface area contributed by atoms with Crippen molar-refractivity contribution in [2.45, 2.75) is 36.0 Å². The molecule has 2 aliphatic heterocycles. The van der Waals surface area contributed by atoms with Gasteiger partial charge in [0, 0.05) is 37.0 Å². The van der Waals surface area contributed by atoms with Crippen molar-refractivity contribution in [3.63, 3.8) is 0 Å². The summed E-state index contributed by atoms with van der Waals surface area (Å²) in [6.07, 6.45) is 3.72. The van der Waals surface area contributed by atoms with Crippen molar-refractivity contribution in [2.75, 3.05) is 39.2 Å². The molecule has 2 fully saturated rings. The molecule has 2 saturated heterocycles. The fraction of sp³-hybridized carbons (Fsp3) is 0.480. The molecule has 30 heavy (non-hydrogen) atoms. The van der Waals surface area contributed by atoms with Gasteiger partial charge in [0.25, 0.3) is 0 Å². The SMILES string of the molecule is COc1ccc(SCC2CCN(C(=O)C3(c4ccccc4)CCOCC3)CC2)cc1. The summed E-state index contributed by atoms with van der Waals surface area (Å²) in [7, 11) is 1.69. The highest BCUT2D eigenvalue weighted by atomic mass is 32.2. The molecule has 4 rings (SSSR count). The van der Waals surface area contributed by atoms with Crippen LogP contribution in [0.15, 0.2) is 59.5 Å². The molecule has 2 heterocycles. The van der Waals surface area contributed by atoms with Gasteiger partial charge in [-0.2, -0.15) is 0 Å². The number of benzene rings is 2. The number of amides is 1. The quantitative estimate of drug-likeness (QED) is 0.625. The van der Waals surface area contributed by atoms with Gasteiger partial charge in [-0.3, -0.25) is 4.79 Å². The third-order valence-electron chi connectivity index (χ3n) is 6.53. The zero-order valence-electron chi connectivity index (χ0n) is 17.7. The van der Waals surface area contributed by atoms with E-state index in [1.54, 1.807) is 7.11 Å². The van der Waals surface area contributed by atoms with Crippen molar-refractivity contribution in [3.05, 3.63) is 60.2 Å². The number of hydrogen-bond donors (Lipinski definition) is 0. The number of ether oxygens (including phenoxy) is 2. The number of hydrogen-bond acceptors (Lipinski definition) is 4. The number of nitrogens with zero attached hydrogens (tertiary/aromatic N) is 1. The normalized spacial score (nSPS) is 19.4. The number of carbonyl (C=O) groups is 1. The maximum atomic E-state index is 13.7. The summed E-state index contributed by atoms with van der Waals surface area (Å²) in [4.78, 5) is 17.1. The first-order chi connectivity index (χ1) is 14.7. The van der Waals surface area contributed by atoms with Gasteiger partial charge < -0.3 is 14.4 Å². The van der Waals surface area contributed by atoms with E-state index in [9.17, 15) is 4.79 Å². The Labute approximate surface area is 183 Å². The van der Waals surface area contributed by atoms with Gasteiger partial charge in [0.15, 0.2) is 0 Å². The molecule has 0 N–H and O–H groups in total. The second kappa shape index (κ2) is 9.88. The topological polar surface area (TPSA) is 38.8 Å². The van der Waals surface area contributed by atoms with E-state index in [-0.39, 0.29) is 0 Å². The Morgan fingerprint density at radius 2 is 1.73 bits per heavy atom. The first kappa shape index (κ1) is 21.3. The fourth-order valence-electron chi connectivity index (χ4n) is 4.59. The van der Waals surface area contributed by atoms with E-state index in [2.05, 4.69) is 29.2 Å². The van der Waals surface area contributed by atoms with Crippen LogP contribution in [0.1, 0.15) is 31.2 Å². The predicted molar refractivity (Wildman–Crippen MR) is 121 cm³/mol. The number of methoxy groups -OCH3 is 1. The molecule has 0 radical (unpaired) electrons. The van der Waals surface area contributed by atoms with Gasteiger partial charge in [0.05, 0.1) is 12.5 Å². The van der Waals surface area contributed by atoms with Crippen molar-refractivity contribution in [1.82, 2.24) is 4.90 Å². The summed E-state index contributed by atoms with van der Waals surface area (Å²) in [5.41, 5.74) is 0.736. The zero-order chi connectivity index (χ0) is 20.8. The highest BCUT2D eigenvalue weighted by Gasteiger charge is 2.44. The van der Waals surface area contributed by atoms with Crippen molar-refractivity contribution >= 4 is 17.7 Å². The van der Waals surface area contributed by atoms with E-state index in [1.807, 2.05) is 42.1 Å². The maximum absolute atomic E-state index is 13.7. The van der Waals surface area contributed by atoms with E-state index in [0.29, 0.717) is 25.0 Å². The molecule has 0 spiro atoms. The van der Waals surface area contributed by atoms with E-state index >= 15 is 0 Å². The van der Waals surface area contributed by atoms with Gasteiger partial charge in [-0.25, -0.2) is 0 Å². The van der Waals surface area contributed by atoms with Crippen LogP contribution in [0, 0.1) is 5.92 Å². The van der Waals surface area contributed by atoms with Crippen LogP contribution in [0.5, 0.6) is 5.75 Å². The maximum Gasteiger partial charge on any atom is 0.233 e. The fourth-order valence-corrected chi connectivity index (χ4v) is 5.68. The lowest BCUT2D eigenvalue weighted by molar-refractivity contribution is -0.142. The highest BCUT2D eigenvalue weighted by Crippen LogP contribution is 2.38. The summed E-state index contributed by atoms with van der Waals surface area (Å²) in [6.45, 7) is 3.05. The Kier molecular flexibility index (Phi) is 7.00. The minimum absolute atomic E-state index is 0.304. The van der Waals surface area contributed by atoms with Crippen LogP contribution >= 0.6 is 11.8 Å². The first-order valence-electron chi connectivity index (χ1n) is 10.9. The van der Waals surface area contributed by atoms with Crippen LogP contribution < -0.4 is 4.74 Å². The number of rotatable bonds is 6. The van der Waals surface area contributed by atoms with E-state index in [0.717, 1.165) is 55.8 Å². The van der Waals surface area contributed by atoms with E-state index in [1.165, 1.54) is 4.90 Å². The number of likely N-dealkylation sites (tertiary alicyclic amines) is 1. The average Bonchev–Trinajstić information content (AvgIpc) is 2.84. The van der Waals surface area contributed by atoms with Gasteiger partial charge in [-0.1, -0.05) is 30.3 Å². The first-order valence-corrected chi connectivity index (χ1v) is 11.9. The Bertz CT molecular complexity index is 810. The molecule has 0 saturated carbocycles. The average molecular weight is 426 g/mol. The minimum atomic E-state index is -0.413. The summed E-state index contributed by atoms with van der Waals surface area (Å²) in [5, 5.41) is 0. The third kappa shape index (κ3) is 4.68. The third-order valence-corrected chi connectivity index (χ3v) is 7.77. The van der Waals surface area contributed by atoms with Crippen LogP contribution in [0.25, 0.3) is 0 Å². The Hall–Kier alpha value is -1.98. The van der Waals surface area contributed by atoms with Gasteiger partial charge in [-0.15, -0.1) is 11.8 Å². The molecule has 0 aromatic heterocycles. The Morgan fingerprint density at radius 3 is 2.37 bits per heavy atom. The monoisotopic (exact) mass is 425 g/mol. The van der Waals surface area contributed by atoms with E-state index < -0.39 is 5.41 Å². The second-order valence-corrected chi connectivity index (χ2v) is 9.38. The van der Waals surface area contributed by atoms with Crippen LogP contribution in [0.4, 0.5) is 0 Å². The molecular formula is C25H31NO3S. The van der Waals surface area contributed by atoms with Crippen LogP contribution in [0.3, 0.4) is 0 Å². The predicted octanol–water partition coefficient (Wildman–Crippen LogP) is 4.77. The van der Waals surface area contributed by atoms with Gasteiger partial charge in [0.2, 0.25) is 5.91 Å². The smallest absolute Gasteiger partial charge is 0.233 e. The summed E-state index contributed by atoms with van der Waals surface area (Å²) < 4.78 is 10.8. The Morgan fingerprint density at radius 1 is 1.07 bits per heavy atom. The summed E-state index contributed by atoms with van der Waals surface area (Å²) in [5.74, 6) is 2.96. The summed E-state index contributed by atoms with van der Waals surface area (Å²) >= 11 is 1.90. The molecule has 5 heteroatoms. The van der Waals surface area contributed by atoms with Crippen molar-refractivity contribution in [2.24, 2.45) is 5.92 Å². The molecule has 0 atom stereocenters.